The van der Waals surface area contributed by atoms with Crippen LogP contribution in [-0.4, -0.2) is 89.6 Å². The van der Waals surface area contributed by atoms with Crippen LogP contribution in [0.1, 0.15) is 59.3 Å². The highest BCUT2D eigenvalue weighted by Gasteiger charge is 2.31. The Bertz CT molecular complexity index is 817. The number of aliphatic hydroxyl groups excluding tert-OH is 1. The first-order valence-corrected chi connectivity index (χ1v) is 14.1. The first-order valence-electron chi connectivity index (χ1n) is 14.1. The van der Waals surface area contributed by atoms with Crippen molar-refractivity contribution >= 4 is 17.8 Å². The first-order chi connectivity index (χ1) is 17.3. The second-order valence-corrected chi connectivity index (χ2v) is 11.9. The molecule has 3 heterocycles. The van der Waals surface area contributed by atoms with E-state index >= 15 is 0 Å². The van der Waals surface area contributed by atoms with E-state index in [1.54, 1.807) is 0 Å². The molecule has 0 aromatic carbocycles. The summed E-state index contributed by atoms with van der Waals surface area (Å²) in [5, 5.41) is 20.6. The van der Waals surface area contributed by atoms with E-state index in [4.69, 9.17) is 20.7 Å². The molecule has 204 valence electrons. The standard InChI is InChI=1S/C26H49N9O/c1-17(2)14-34(4)26-32-24(29-21-9-12-35(16-21)15-19-7-10-28-11-8-19)31-25(33-26)30-22-13-20(23(27)36)6-5-18(22)3/h17-23,28,36H,5-16,27H2,1-4H3,(H2,29,30,31,32,33). The Labute approximate surface area is 217 Å². The summed E-state index contributed by atoms with van der Waals surface area (Å²) in [5.41, 5.74) is 5.83. The maximum atomic E-state index is 9.96. The van der Waals surface area contributed by atoms with Crippen molar-refractivity contribution in [2.75, 3.05) is 61.8 Å². The van der Waals surface area contributed by atoms with E-state index in [0.717, 1.165) is 64.3 Å². The maximum Gasteiger partial charge on any atom is 0.231 e. The summed E-state index contributed by atoms with van der Waals surface area (Å²) in [6.07, 6.45) is 5.70. The number of rotatable bonds is 10. The van der Waals surface area contributed by atoms with Gasteiger partial charge in [-0.3, -0.25) is 0 Å². The Hall–Kier alpha value is -1.75. The van der Waals surface area contributed by atoms with Crippen molar-refractivity contribution in [3.63, 3.8) is 0 Å². The summed E-state index contributed by atoms with van der Waals surface area (Å²) in [6, 6.07) is 0.517. The molecule has 5 unspecified atom stereocenters. The predicted octanol–water partition coefficient (Wildman–Crippen LogP) is 1.94. The van der Waals surface area contributed by atoms with Gasteiger partial charge in [0.15, 0.2) is 0 Å². The number of anilines is 3. The number of likely N-dealkylation sites (tertiary alicyclic amines) is 1. The van der Waals surface area contributed by atoms with E-state index < -0.39 is 6.23 Å². The van der Waals surface area contributed by atoms with Crippen LogP contribution in [0.2, 0.25) is 0 Å². The van der Waals surface area contributed by atoms with Crippen molar-refractivity contribution in [2.45, 2.75) is 77.6 Å². The molecular weight excluding hydrogens is 454 g/mol. The summed E-state index contributed by atoms with van der Waals surface area (Å²) in [7, 11) is 2.04. The average molecular weight is 504 g/mol. The number of aliphatic hydroxyl groups is 1. The van der Waals surface area contributed by atoms with Crippen molar-refractivity contribution in [1.29, 1.82) is 0 Å². The first kappa shape index (κ1) is 27.3. The van der Waals surface area contributed by atoms with Crippen LogP contribution >= 0.6 is 0 Å². The van der Waals surface area contributed by atoms with Crippen molar-refractivity contribution in [1.82, 2.24) is 25.2 Å². The lowest BCUT2D eigenvalue weighted by molar-refractivity contribution is 0.0764. The molecule has 1 aliphatic carbocycles. The fourth-order valence-corrected chi connectivity index (χ4v) is 6.05. The number of piperidine rings is 1. The van der Waals surface area contributed by atoms with Crippen LogP contribution < -0.4 is 26.6 Å². The van der Waals surface area contributed by atoms with Crippen LogP contribution in [0.4, 0.5) is 17.8 Å². The number of nitrogens with two attached hydrogens (primary N) is 1. The minimum absolute atomic E-state index is 0.102. The van der Waals surface area contributed by atoms with Gasteiger partial charge in [-0.2, -0.15) is 15.0 Å². The largest absolute Gasteiger partial charge is 0.379 e. The van der Waals surface area contributed by atoms with Crippen LogP contribution in [0, 0.1) is 23.7 Å². The van der Waals surface area contributed by atoms with E-state index in [0.29, 0.717) is 35.7 Å². The Morgan fingerprint density at radius 1 is 1.08 bits per heavy atom. The summed E-state index contributed by atoms with van der Waals surface area (Å²) in [6.45, 7) is 13.2. The van der Waals surface area contributed by atoms with Crippen LogP contribution in [0.5, 0.6) is 0 Å². The zero-order valence-corrected chi connectivity index (χ0v) is 22.8. The smallest absolute Gasteiger partial charge is 0.231 e. The van der Waals surface area contributed by atoms with E-state index in [-0.39, 0.29) is 12.0 Å². The number of nitrogens with zero attached hydrogens (tertiary/aromatic N) is 5. The molecule has 0 bridgehead atoms. The highest BCUT2D eigenvalue weighted by atomic mass is 16.3. The highest BCUT2D eigenvalue weighted by Crippen LogP contribution is 2.32. The van der Waals surface area contributed by atoms with E-state index in [1.807, 2.05) is 7.05 Å². The molecule has 1 aromatic rings. The van der Waals surface area contributed by atoms with Gasteiger partial charge in [0.1, 0.15) is 6.23 Å². The van der Waals surface area contributed by atoms with Gasteiger partial charge in [0.05, 0.1) is 0 Å². The second-order valence-electron chi connectivity index (χ2n) is 11.9. The van der Waals surface area contributed by atoms with Crippen LogP contribution in [0.15, 0.2) is 0 Å². The third kappa shape index (κ3) is 7.63. The highest BCUT2D eigenvalue weighted by molar-refractivity contribution is 5.44. The lowest BCUT2D eigenvalue weighted by atomic mass is 9.78. The van der Waals surface area contributed by atoms with Crippen LogP contribution in [-0.2, 0) is 0 Å². The SMILES string of the molecule is CC(C)CN(C)c1nc(NC2CCN(CC3CCNCC3)C2)nc(NC2CC(C(N)O)CCC2C)n1. The van der Waals surface area contributed by atoms with Gasteiger partial charge in [-0.05, 0) is 69.4 Å². The Kier molecular flexibility index (Phi) is 9.60. The summed E-state index contributed by atoms with van der Waals surface area (Å²) in [5.74, 6) is 3.81. The van der Waals surface area contributed by atoms with E-state index in [9.17, 15) is 5.11 Å². The van der Waals surface area contributed by atoms with E-state index in [1.165, 1.54) is 19.4 Å². The topological polar surface area (TPSA) is 127 Å². The molecule has 10 heteroatoms. The fraction of sp³-hybridized carbons (Fsp3) is 0.885. The van der Waals surface area contributed by atoms with Gasteiger partial charge in [-0.25, -0.2) is 0 Å². The summed E-state index contributed by atoms with van der Waals surface area (Å²) >= 11 is 0. The average Bonchev–Trinajstić information content (AvgIpc) is 3.27. The van der Waals surface area contributed by atoms with Gasteiger partial charge in [-0.1, -0.05) is 20.8 Å². The molecule has 4 rings (SSSR count). The van der Waals surface area contributed by atoms with Crippen molar-refractivity contribution in [3.8, 4) is 0 Å². The third-order valence-corrected chi connectivity index (χ3v) is 8.22. The van der Waals surface area contributed by atoms with Crippen molar-refractivity contribution in [3.05, 3.63) is 0 Å². The molecule has 1 saturated carbocycles. The molecule has 3 aliphatic rings. The molecule has 5 atom stereocenters. The van der Waals surface area contributed by atoms with Gasteiger partial charge in [0.2, 0.25) is 17.8 Å². The molecular formula is C26H49N9O. The normalized spacial score (nSPS) is 28.9. The maximum absolute atomic E-state index is 9.96. The van der Waals surface area contributed by atoms with Gasteiger partial charge >= 0.3 is 0 Å². The Balaban J connectivity index is 1.44. The zero-order chi connectivity index (χ0) is 25.7. The molecule has 0 amide bonds. The fourth-order valence-electron chi connectivity index (χ4n) is 6.05. The quantitative estimate of drug-likeness (QED) is 0.302. The molecule has 2 aliphatic heterocycles. The molecule has 36 heavy (non-hydrogen) atoms. The van der Waals surface area contributed by atoms with Gasteiger partial charge in [-0.15, -0.1) is 0 Å². The monoisotopic (exact) mass is 503 g/mol. The minimum Gasteiger partial charge on any atom is -0.379 e. The van der Waals surface area contributed by atoms with Gasteiger partial charge in [0, 0.05) is 51.2 Å². The second kappa shape index (κ2) is 12.7. The number of hydrogen-bond donors (Lipinski definition) is 5. The molecule has 10 nitrogen and oxygen atoms in total. The Morgan fingerprint density at radius 2 is 1.81 bits per heavy atom. The zero-order valence-electron chi connectivity index (χ0n) is 22.8. The molecule has 0 radical (unpaired) electrons. The van der Waals surface area contributed by atoms with Crippen LogP contribution in [0.25, 0.3) is 0 Å². The molecule has 2 saturated heterocycles. The lowest BCUT2D eigenvalue weighted by Crippen LogP contribution is -2.41. The van der Waals surface area contributed by atoms with Crippen molar-refractivity contribution < 1.29 is 5.11 Å². The predicted molar refractivity (Wildman–Crippen MR) is 146 cm³/mol. The Morgan fingerprint density at radius 3 is 2.50 bits per heavy atom. The third-order valence-electron chi connectivity index (χ3n) is 8.22. The van der Waals surface area contributed by atoms with Crippen LogP contribution in [0.3, 0.4) is 0 Å². The number of nitrogens with one attached hydrogen (secondary N) is 3. The molecule has 0 spiro atoms. The summed E-state index contributed by atoms with van der Waals surface area (Å²) in [4.78, 5) is 19.1. The molecule has 1 aromatic heterocycles. The van der Waals surface area contributed by atoms with Crippen molar-refractivity contribution in [2.24, 2.45) is 29.4 Å². The van der Waals surface area contributed by atoms with Gasteiger partial charge < -0.3 is 36.6 Å². The van der Waals surface area contributed by atoms with E-state index in [2.05, 4.69) is 46.5 Å². The summed E-state index contributed by atoms with van der Waals surface area (Å²) < 4.78 is 0. The molecule has 6 N–H and O–H groups in total. The van der Waals surface area contributed by atoms with Gasteiger partial charge in [0.25, 0.3) is 0 Å². The number of aromatic nitrogens is 3. The lowest BCUT2D eigenvalue weighted by Gasteiger charge is -2.36. The number of hydrogen-bond acceptors (Lipinski definition) is 10. The minimum atomic E-state index is -0.777. The molecule has 3 fully saturated rings.